The Morgan fingerprint density at radius 3 is 2.57 bits per heavy atom. The first-order valence-corrected chi connectivity index (χ1v) is 10.6. The molecule has 1 aromatic heterocycles. The van der Waals surface area contributed by atoms with Crippen LogP contribution in [0.25, 0.3) is 0 Å². The molecule has 0 amide bonds. The highest BCUT2D eigenvalue weighted by atomic mass is 127. The normalized spacial score (nSPS) is 14.9. The maximum atomic E-state index is 6.26. The van der Waals surface area contributed by atoms with E-state index in [0.29, 0.717) is 23.1 Å². The van der Waals surface area contributed by atoms with Crippen LogP contribution >= 0.6 is 47.2 Å². The van der Waals surface area contributed by atoms with Gasteiger partial charge in [-0.25, -0.2) is 9.98 Å². The van der Waals surface area contributed by atoms with Gasteiger partial charge in [0.2, 0.25) is 0 Å². The zero-order valence-corrected chi connectivity index (χ0v) is 21.2. The number of halogens is 3. The molecule has 0 spiro atoms. The Hall–Kier alpha value is -1.29. The van der Waals surface area contributed by atoms with Crippen molar-refractivity contribution in [3.8, 4) is 0 Å². The zero-order valence-electron chi connectivity index (χ0n) is 17.4. The molecule has 1 aliphatic rings. The molecule has 9 heteroatoms. The Balaban J connectivity index is 0.00000320. The van der Waals surface area contributed by atoms with Crippen LogP contribution in [0.15, 0.2) is 41.5 Å². The van der Waals surface area contributed by atoms with Crippen molar-refractivity contribution in [1.82, 2.24) is 20.5 Å². The number of likely N-dealkylation sites (N-methyl/N-ethyl adjacent to an activating group) is 1. The van der Waals surface area contributed by atoms with Crippen LogP contribution in [0.2, 0.25) is 10.0 Å². The molecule has 0 radical (unpaired) electrons. The van der Waals surface area contributed by atoms with E-state index in [1.165, 1.54) is 0 Å². The van der Waals surface area contributed by atoms with Crippen molar-refractivity contribution < 1.29 is 0 Å². The molecule has 0 atom stereocenters. The average Bonchev–Trinajstić information content (AvgIpc) is 2.72. The minimum absolute atomic E-state index is 0. The molecule has 1 aliphatic heterocycles. The standard InChI is InChI=1S/C21H28Cl2N6.HI/c1-3-24-21(27-15-17-4-5-18(22)13-19(17)23)26-14-16-6-7-25-20(12-16)29-10-8-28(2)9-11-29;/h4-7,12-13H,3,8-11,14-15H2,1-2H3,(H2,24,26,27);1H. The average molecular weight is 563 g/mol. The second-order valence-corrected chi connectivity index (χ2v) is 7.94. The zero-order chi connectivity index (χ0) is 20.6. The monoisotopic (exact) mass is 562 g/mol. The molecule has 1 fully saturated rings. The van der Waals surface area contributed by atoms with Crippen LogP contribution in [-0.4, -0.2) is 55.6 Å². The topological polar surface area (TPSA) is 55.8 Å². The number of hydrogen-bond donors (Lipinski definition) is 2. The predicted octanol–water partition coefficient (Wildman–Crippen LogP) is 4.01. The summed E-state index contributed by atoms with van der Waals surface area (Å²) in [5.74, 6) is 1.77. The van der Waals surface area contributed by atoms with Gasteiger partial charge in [-0.05, 0) is 49.4 Å². The predicted molar refractivity (Wildman–Crippen MR) is 137 cm³/mol. The van der Waals surface area contributed by atoms with Gasteiger partial charge in [-0.3, -0.25) is 0 Å². The molecule has 30 heavy (non-hydrogen) atoms. The van der Waals surface area contributed by atoms with Crippen LogP contribution in [0, 0.1) is 0 Å². The largest absolute Gasteiger partial charge is 0.357 e. The maximum Gasteiger partial charge on any atom is 0.191 e. The van der Waals surface area contributed by atoms with Crippen LogP contribution in [0.4, 0.5) is 5.82 Å². The summed E-state index contributed by atoms with van der Waals surface area (Å²) in [6.45, 7) is 8.10. The summed E-state index contributed by atoms with van der Waals surface area (Å²) in [5.41, 5.74) is 2.11. The first kappa shape index (κ1) is 25.0. The number of rotatable bonds is 6. The fourth-order valence-corrected chi connectivity index (χ4v) is 3.60. The molecule has 0 bridgehead atoms. The van der Waals surface area contributed by atoms with Crippen LogP contribution in [0.5, 0.6) is 0 Å². The summed E-state index contributed by atoms with van der Waals surface area (Å²) in [6, 6.07) is 9.66. The molecule has 1 aromatic carbocycles. The lowest BCUT2D eigenvalue weighted by molar-refractivity contribution is 0.312. The van der Waals surface area contributed by atoms with Gasteiger partial charge < -0.3 is 20.4 Å². The van der Waals surface area contributed by atoms with Crippen molar-refractivity contribution in [1.29, 1.82) is 0 Å². The van der Waals surface area contributed by atoms with E-state index in [1.807, 2.05) is 31.3 Å². The summed E-state index contributed by atoms with van der Waals surface area (Å²) < 4.78 is 0. The van der Waals surface area contributed by atoms with Crippen molar-refractivity contribution in [3.63, 3.8) is 0 Å². The van der Waals surface area contributed by atoms with Gasteiger partial charge in [0.25, 0.3) is 0 Å². The Kier molecular flexibility index (Phi) is 10.4. The molecule has 3 rings (SSSR count). The third-order valence-corrected chi connectivity index (χ3v) is 5.45. The molecule has 164 valence electrons. The quantitative estimate of drug-likeness (QED) is 0.316. The number of piperazine rings is 1. The van der Waals surface area contributed by atoms with Gasteiger partial charge in [-0.2, -0.15) is 0 Å². The fraction of sp³-hybridized carbons (Fsp3) is 0.429. The Bertz CT molecular complexity index is 840. The molecule has 2 aromatic rings. The SMILES string of the molecule is CCNC(=NCc1ccnc(N2CCN(C)CC2)c1)NCc1ccc(Cl)cc1Cl.I. The second kappa shape index (κ2) is 12.5. The minimum atomic E-state index is 0. The van der Waals surface area contributed by atoms with E-state index in [2.05, 4.69) is 38.5 Å². The van der Waals surface area contributed by atoms with E-state index in [9.17, 15) is 0 Å². The van der Waals surface area contributed by atoms with E-state index < -0.39 is 0 Å². The number of aliphatic imine (C=N–C) groups is 1. The smallest absolute Gasteiger partial charge is 0.191 e. The van der Waals surface area contributed by atoms with Crippen molar-refractivity contribution in [2.75, 3.05) is 44.7 Å². The van der Waals surface area contributed by atoms with Gasteiger partial charge in [0.1, 0.15) is 5.82 Å². The Morgan fingerprint density at radius 1 is 1.10 bits per heavy atom. The molecular weight excluding hydrogens is 534 g/mol. The summed E-state index contributed by atoms with van der Waals surface area (Å²) >= 11 is 12.2. The van der Waals surface area contributed by atoms with Gasteiger partial charge in [0.05, 0.1) is 6.54 Å². The highest BCUT2D eigenvalue weighted by molar-refractivity contribution is 14.0. The summed E-state index contributed by atoms with van der Waals surface area (Å²) in [7, 11) is 2.16. The first-order valence-electron chi connectivity index (χ1n) is 9.89. The van der Waals surface area contributed by atoms with E-state index in [-0.39, 0.29) is 24.0 Å². The van der Waals surface area contributed by atoms with Crippen molar-refractivity contribution in [3.05, 3.63) is 57.7 Å². The third-order valence-electron chi connectivity index (χ3n) is 4.86. The van der Waals surface area contributed by atoms with Crippen LogP contribution in [-0.2, 0) is 13.1 Å². The number of guanidine groups is 1. The van der Waals surface area contributed by atoms with Gasteiger partial charge in [-0.15, -0.1) is 24.0 Å². The molecule has 0 unspecified atom stereocenters. The Morgan fingerprint density at radius 2 is 1.87 bits per heavy atom. The highest BCUT2D eigenvalue weighted by Crippen LogP contribution is 2.20. The molecule has 0 aliphatic carbocycles. The van der Waals surface area contributed by atoms with Crippen molar-refractivity contribution >= 4 is 59.0 Å². The van der Waals surface area contributed by atoms with Crippen LogP contribution in [0.3, 0.4) is 0 Å². The number of anilines is 1. The van der Waals surface area contributed by atoms with Gasteiger partial charge in [0.15, 0.2) is 5.96 Å². The molecular formula is C21H29Cl2IN6. The number of hydrogen-bond acceptors (Lipinski definition) is 4. The van der Waals surface area contributed by atoms with E-state index >= 15 is 0 Å². The van der Waals surface area contributed by atoms with Crippen LogP contribution < -0.4 is 15.5 Å². The number of benzene rings is 1. The van der Waals surface area contributed by atoms with Gasteiger partial charge >= 0.3 is 0 Å². The Labute approximate surface area is 206 Å². The summed E-state index contributed by atoms with van der Waals surface area (Å²) in [6.07, 6.45) is 1.87. The van der Waals surface area contributed by atoms with Gasteiger partial charge in [0, 0.05) is 55.5 Å². The maximum absolute atomic E-state index is 6.26. The lowest BCUT2D eigenvalue weighted by atomic mass is 10.2. The van der Waals surface area contributed by atoms with Crippen molar-refractivity contribution in [2.45, 2.75) is 20.0 Å². The number of nitrogens with zero attached hydrogens (tertiary/aromatic N) is 4. The minimum Gasteiger partial charge on any atom is -0.357 e. The lowest BCUT2D eigenvalue weighted by Gasteiger charge is -2.33. The fourth-order valence-electron chi connectivity index (χ4n) is 3.12. The molecule has 1 saturated heterocycles. The molecule has 2 heterocycles. The number of nitrogens with one attached hydrogen (secondary N) is 2. The lowest BCUT2D eigenvalue weighted by Crippen LogP contribution is -2.44. The second-order valence-electron chi connectivity index (χ2n) is 7.10. The van der Waals surface area contributed by atoms with E-state index in [4.69, 9.17) is 28.2 Å². The molecule has 2 N–H and O–H groups in total. The van der Waals surface area contributed by atoms with E-state index in [0.717, 1.165) is 55.6 Å². The third kappa shape index (κ3) is 7.44. The summed E-state index contributed by atoms with van der Waals surface area (Å²) in [4.78, 5) is 13.9. The summed E-state index contributed by atoms with van der Waals surface area (Å²) in [5, 5.41) is 7.88. The van der Waals surface area contributed by atoms with Gasteiger partial charge in [-0.1, -0.05) is 29.3 Å². The molecule has 6 nitrogen and oxygen atoms in total. The first-order chi connectivity index (χ1) is 14.0. The highest BCUT2D eigenvalue weighted by Gasteiger charge is 2.15. The van der Waals surface area contributed by atoms with E-state index in [1.54, 1.807) is 6.07 Å². The number of pyridine rings is 1. The molecule has 0 saturated carbocycles. The van der Waals surface area contributed by atoms with Crippen LogP contribution in [0.1, 0.15) is 18.1 Å². The number of aromatic nitrogens is 1. The van der Waals surface area contributed by atoms with Crippen molar-refractivity contribution in [2.24, 2.45) is 4.99 Å².